The van der Waals surface area contributed by atoms with Gasteiger partial charge in [0.25, 0.3) is 0 Å². The molecule has 0 spiro atoms. The quantitative estimate of drug-likeness (QED) is 0.572. The molecular formula is C23H21NO2S. The minimum absolute atomic E-state index is 0.0527. The van der Waals surface area contributed by atoms with Crippen molar-refractivity contribution in [1.82, 2.24) is 0 Å². The first-order valence-electron chi connectivity index (χ1n) is 8.82. The van der Waals surface area contributed by atoms with Gasteiger partial charge in [-0.2, -0.15) is 0 Å². The van der Waals surface area contributed by atoms with Crippen molar-refractivity contribution in [2.45, 2.75) is 11.7 Å². The van der Waals surface area contributed by atoms with E-state index >= 15 is 0 Å². The van der Waals surface area contributed by atoms with Gasteiger partial charge in [-0.05, 0) is 24.1 Å². The van der Waals surface area contributed by atoms with Gasteiger partial charge < -0.3 is 5.32 Å². The summed E-state index contributed by atoms with van der Waals surface area (Å²) in [6.45, 7) is 0. The molecule has 0 aliphatic heterocycles. The summed E-state index contributed by atoms with van der Waals surface area (Å²) >= 11 is 1.39. The predicted molar refractivity (Wildman–Crippen MR) is 112 cm³/mol. The standard InChI is InChI=1S/C23H21NO2S/c25-22(24-20-14-8-3-9-15-20)17-27-21(16-18-10-4-1-5-11-18)23(26)19-12-6-2-7-13-19/h1-15,21H,16-17H2,(H,24,25)/t21-/m1/s1. The van der Waals surface area contributed by atoms with Gasteiger partial charge in [0, 0.05) is 11.3 Å². The molecule has 3 nitrogen and oxygen atoms in total. The number of anilines is 1. The molecule has 27 heavy (non-hydrogen) atoms. The summed E-state index contributed by atoms with van der Waals surface area (Å²) in [6, 6.07) is 28.5. The number of carbonyl (C=O) groups excluding carboxylic acids is 2. The van der Waals surface area contributed by atoms with Gasteiger partial charge in [0.1, 0.15) is 0 Å². The maximum Gasteiger partial charge on any atom is 0.234 e. The number of hydrogen-bond acceptors (Lipinski definition) is 3. The van der Waals surface area contributed by atoms with Gasteiger partial charge >= 0.3 is 0 Å². The maximum atomic E-state index is 13.0. The fourth-order valence-electron chi connectivity index (χ4n) is 2.74. The normalized spacial score (nSPS) is 11.6. The molecule has 0 saturated carbocycles. The number of thioether (sulfide) groups is 1. The average Bonchev–Trinajstić information content (AvgIpc) is 2.73. The summed E-state index contributed by atoms with van der Waals surface area (Å²) in [5, 5.41) is 2.56. The molecule has 0 aliphatic carbocycles. The Morgan fingerprint density at radius 2 is 1.33 bits per heavy atom. The molecule has 0 saturated heterocycles. The van der Waals surface area contributed by atoms with Crippen molar-refractivity contribution in [2.75, 3.05) is 11.1 Å². The van der Waals surface area contributed by atoms with Gasteiger partial charge in [-0.25, -0.2) is 0 Å². The third-order valence-electron chi connectivity index (χ3n) is 4.09. The number of nitrogens with one attached hydrogen (secondary N) is 1. The second-order valence-corrected chi connectivity index (χ2v) is 7.32. The highest BCUT2D eigenvalue weighted by Gasteiger charge is 2.22. The maximum absolute atomic E-state index is 13.0. The van der Waals surface area contributed by atoms with Crippen LogP contribution in [0.3, 0.4) is 0 Å². The number of benzene rings is 3. The Bertz CT molecular complexity index is 867. The summed E-state index contributed by atoms with van der Waals surface area (Å²) in [5.74, 6) is 0.174. The summed E-state index contributed by atoms with van der Waals surface area (Å²) in [4.78, 5) is 25.3. The van der Waals surface area contributed by atoms with Gasteiger partial charge in [0.2, 0.25) is 5.91 Å². The Morgan fingerprint density at radius 1 is 0.778 bits per heavy atom. The SMILES string of the molecule is O=C(CS[C@H](Cc1ccccc1)C(=O)c1ccccc1)Nc1ccccc1. The van der Waals surface area contributed by atoms with Crippen molar-refractivity contribution in [3.05, 3.63) is 102 Å². The van der Waals surface area contributed by atoms with Crippen molar-refractivity contribution >= 4 is 29.1 Å². The van der Waals surface area contributed by atoms with Crippen LogP contribution in [0.4, 0.5) is 5.69 Å². The largest absolute Gasteiger partial charge is 0.325 e. The number of Topliss-reactive ketones (excluding diaryl/α,β-unsaturated/α-hetero) is 1. The molecule has 3 aromatic rings. The van der Waals surface area contributed by atoms with E-state index < -0.39 is 0 Å². The second-order valence-electron chi connectivity index (χ2n) is 6.13. The second kappa shape index (κ2) is 9.74. The molecule has 1 atom stereocenters. The highest BCUT2D eigenvalue weighted by molar-refractivity contribution is 8.01. The number of carbonyl (C=O) groups is 2. The number of hydrogen-bond donors (Lipinski definition) is 1. The zero-order chi connectivity index (χ0) is 18.9. The fraction of sp³-hybridized carbons (Fsp3) is 0.130. The number of para-hydroxylation sites is 1. The van der Waals surface area contributed by atoms with E-state index in [1.54, 1.807) is 0 Å². The highest BCUT2D eigenvalue weighted by atomic mass is 32.2. The number of amides is 1. The molecule has 0 radical (unpaired) electrons. The molecule has 1 amide bonds. The van der Waals surface area contributed by atoms with Gasteiger partial charge in [0.15, 0.2) is 5.78 Å². The van der Waals surface area contributed by atoms with Crippen LogP contribution in [0.25, 0.3) is 0 Å². The van der Waals surface area contributed by atoms with Gasteiger partial charge in [-0.1, -0.05) is 78.9 Å². The van der Waals surface area contributed by atoms with E-state index in [0.29, 0.717) is 12.0 Å². The van der Waals surface area contributed by atoms with Crippen LogP contribution < -0.4 is 5.32 Å². The minimum Gasteiger partial charge on any atom is -0.325 e. The highest BCUT2D eigenvalue weighted by Crippen LogP contribution is 2.22. The lowest BCUT2D eigenvalue weighted by Crippen LogP contribution is -2.24. The van der Waals surface area contributed by atoms with Crippen molar-refractivity contribution in [3.63, 3.8) is 0 Å². The van der Waals surface area contributed by atoms with Crippen molar-refractivity contribution in [1.29, 1.82) is 0 Å². The van der Waals surface area contributed by atoms with Crippen LogP contribution in [0, 0.1) is 0 Å². The van der Waals surface area contributed by atoms with Crippen LogP contribution >= 0.6 is 11.8 Å². The lowest BCUT2D eigenvalue weighted by molar-refractivity contribution is -0.113. The summed E-state index contributed by atoms with van der Waals surface area (Å²) in [6.07, 6.45) is 0.595. The van der Waals surface area contributed by atoms with Crippen molar-refractivity contribution in [2.24, 2.45) is 0 Å². The third-order valence-corrected chi connectivity index (χ3v) is 5.30. The molecule has 3 aromatic carbocycles. The summed E-state index contributed by atoms with van der Waals surface area (Å²) in [7, 11) is 0. The van der Waals surface area contributed by atoms with Crippen LogP contribution in [-0.4, -0.2) is 22.7 Å². The fourth-order valence-corrected chi connectivity index (χ4v) is 3.76. The van der Waals surface area contributed by atoms with E-state index in [0.717, 1.165) is 11.3 Å². The molecule has 0 aliphatic rings. The molecule has 0 aromatic heterocycles. The Morgan fingerprint density at radius 3 is 1.96 bits per heavy atom. The third kappa shape index (κ3) is 5.83. The summed E-state index contributed by atoms with van der Waals surface area (Å²) < 4.78 is 0. The van der Waals surface area contributed by atoms with E-state index in [1.165, 1.54) is 11.8 Å². The average molecular weight is 375 g/mol. The van der Waals surface area contributed by atoms with Crippen LogP contribution in [0.2, 0.25) is 0 Å². The molecule has 4 heteroatoms. The monoisotopic (exact) mass is 375 g/mol. The Hall–Kier alpha value is -2.85. The first-order chi connectivity index (χ1) is 13.2. The van der Waals surface area contributed by atoms with Crippen LogP contribution in [0.1, 0.15) is 15.9 Å². The molecule has 0 fully saturated rings. The van der Waals surface area contributed by atoms with Crippen molar-refractivity contribution < 1.29 is 9.59 Å². The Balaban J connectivity index is 1.67. The predicted octanol–water partition coefficient (Wildman–Crippen LogP) is 4.85. The van der Waals surface area contributed by atoms with E-state index in [2.05, 4.69) is 5.32 Å². The van der Waals surface area contributed by atoms with E-state index in [9.17, 15) is 9.59 Å². The van der Waals surface area contributed by atoms with Gasteiger partial charge in [-0.15, -0.1) is 11.8 Å². The topological polar surface area (TPSA) is 46.2 Å². The Kier molecular flexibility index (Phi) is 6.83. The smallest absolute Gasteiger partial charge is 0.234 e. The zero-order valence-corrected chi connectivity index (χ0v) is 15.7. The van der Waals surface area contributed by atoms with Gasteiger partial charge in [0.05, 0.1) is 11.0 Å². The first-order valence-corrected chi connectivity index (χ1v) is 9.87. The number of ketones is 1. The molecule has 1 N–H and O–H groups in total. The molecule has 136 valence electrons. The minimum atomic E-state index is -0.309. The first kappa shape index (κ1) is 18.9. The molecule has 0 unspecified atom stereocenters. The van der Waals surface area contributed by atoms with E-state index in [4.69, 9.17) is 0 Å². The van der Waals surface area contributed by atoms with Crippen LogP contribution in [0.15, 0.2) is 91.0 Å². The zero-order valence-electron chi connectivity index (χ0n) is 14.9. The van der Waals surface area contributed by atoms with Gasteiger partial charge in [-0.3, -0.25) is 9.59 Å². The molecule has 0 heterocycles. The van der Waals surface area contributed by atoms with Crippen molar-refractivity contribution in [3.8, 4) is 0 Å². The van der Waals surface area contributed by atoms with E-state index in [-0.39, 0.29) is 22.7 Å². The number of rotatable bonds is 8. The molecular weight excluding hydrogens is 354 g/mol. The van der Waals surface area contributed by atoms with Crippen LogP contribution in [0.5, 0.6) is 0 Å². The lowest BCUT2D eigenvalue weighted by Gasteiger charge is -2.16. The summed E-state index contributed by atoms with van der Waals surface area (Å²) in [5.41, 5.74) is 2.52. The molecule has 0 bridgehead atoms. The van der Waals surface area contributed by atoms with E-state index in [1.807, 2.05) is 91.0 Å². The lowest BCUT2D eigenvalue weighted by atomic mass is 10.0. The van der Waals surface area contributed by atoms with Crippen LogP contribution in [-0.2, 0) is 11.2 Å². The molecule has 3 rings (SSSR count). The Labute approximate surface area is 163 Å².